The first-order valence-corrected chi connectivity index (χ1v) is 7.14. The molecule has 1 unspecified atom stereocenters. The van der Waals surface area contributed by atoms with Crippen LogP contribution in [0.15, 0.2) is 28.7 Å². The van der Waals surface area contributed by atoms with Crippen molar-refractivity contribution in [3.63, 3.8) is 0 Å². The van der Waals surface area contributed by atoms with Gasteiger partial charge < -0.3 is 19.6 Å². The highest BCUT2D eigenvalue weighted by molar-refractivity contribution is 5.79. The molecule has 0 aliphatic rings. The number of ether oxygens (including phenoxy) is 1. The molecule has 0 saturated heterocycles. The van der Waals surface area contributed by atoms with Crippen LogP contribution in [0.25, 0.3) is 11.0 Å². The molecular formula is C16H23NO3. The van der Waals surface area contributed by atoms with Crippen molar-refractivity contribution in [3.05, 3.63) is 30.0 Å². The number of benzene rings is 1. The Hall–Kier alpha value is -1.52. The predicted octanol–water partition coefficient (Wildman–Crippen LogP) is 2.94. The van der Waals surface area contributed by atoms with E-state index in [4.69, 9.17) is 14.3 Å². The third kappa shape index (κ3) is 3.74. The summed E-state index contributed by atoms with van der Waals surface area (Å²) in [5.74, 6) is 2.28. The van der Waals surface area contributed by atoms with Gasteiger partial charge in [-0.3, -0.25) is 0 Å². The SMILES string of the molecule is CCC(CCO)CNCc1cc2cc(OC)ccc2o1. The molecule has 1 heterocycles. The number of furan rings is 1. The first-order chi connectivity index (χ1) is 9.76. The van der Waals surface area contributed by atoms with E-state index < -0.39 is 0 Å². The highest BCUT2D eigenvalue weighted by atomic mass is 16.5. The van der Waals surface area contributed by atoms with Crippen LogP contribution < -0.4 is 10.1 Å². The van der Waals surface area contributed by atoms with Crippen LogP contribution in [-0.2, 0) is 6.54 Å². The predicted molar refractivity (Wildman–Crippen MR) is 80.0 cm³/mol. The maximum Gasteiger partial charge on any atom is 0.134 e. The standard InChI is InChI=1S/C16H23NO3/c1-3-12(6-7-18)10-17-11-15-9-13-8-14(19-2)4-5-16(13)20-15/h4-5,8-9,12,17-18H,3,6-7,10-11H2,1-2H3. The number of hydrogen-bond donors (Lipinski definition) is 2. The summed E-state index contributed by atoms with van der Waals surface area (Å²) in [7, 11) is 1.66. The Morgan fingerprint density at radius 2 is 2.20 bits per heavy atom. The quantitative estimate of drug-likeness (QED) is 0.779. The van der Waals surface area contributed by atoms with Crippen molar-refractivity contribution in [2.75, 3.05) is 20.3 Å². The molecule has 0 bridgehead atoms. The Labute approximate surface area is 119 Å². The van der Waals surface area contributed by atoms with Crippen molar-refractivity contribution in [3.8, 4) is 5.75 Å². The van der Waals surface area contributed by atoms with E-state index >= 15 is 0 Å². The first kappa shape index (κ1) is 14.9. The number of aliphatic hydroxyl groups is 1. The van der Waals surface area contributed by atoms with E-state index in [-0.39, 0.29) is 6.61 Å². The maximum absolute atomic E-state index is 8.97. The second kappa shape index (κ2) is 7.31. The molecule has 0 aliphatic carbocycles. The number of methoxy groups -OCH3 is 1. The molecule has 0 aliphatic heterocycles. The summed E-state index contributed by atoms with van der Waals surface area (Å²) in [4.78, 5) is 0. The number of fused-ring (bicyclic) bond motifs is 1. The maximum atomic E-state index is 8.97. The molecule has 0 radical (unpaired) electrons. The van der Waals surface area contributed by atoms with E-state index in [2.05, 4.69) is 12.2 Å². The van der Waals surface area contributed by atoms with Crippen LogP contribution in [-0.4, -0.2) is 25.4 Å². The Balaban J connectivity index is 1.93. The second-order valence-corrected chi connectivity index (χ2v) is 5.03. The Kier molecular flexibility index (Phi) is 5.44. The van der Waals surface area contributed by atoms with E-state index in [1.807, 2.05) is 24.3 Å². The van der Waals surface area contributed by atoms with Crippen molar-refractivity contribution in [1.29, 1.82) is 0 Å². The Morgan fingerprint density at radius 1 is 1.35 bits per heavy atom. The third-order valence-corrected chi connectivity index (χ3v) is 3.62. The molecule has 0 saturated carbocycles. The second-order valence-electron chi connectivity index (χ2n) is 5.03. The lowest BCUT2D eigenvalue weighted by Crippen LogP contribution is -2.22. The van der Waals surface area contributed by atoms with Crippen LogP contribution in [0.3, 0.4) is 0 Å². The lowest BCUT2D eigenvalue weighted by Gasteiger charge is -2.13. The van der Waals surface area contributed by atoms with Gasteiger partial charge in [0, 0.05) is 12.0 Å². The summed E-state index contributed by atoms with van der Waals surface area (Å²) in [6, 6.07) is 7.84. The van der Waals surface area contributed by atoms with E-state index in [0.29, 0.717) is 12.5 Å². The summed E-state index contributed by atoms with van der Waals surface area (Å²) in [5, 5.41) is 13.4. The highest BCUT2D eigenvalue weighted by Gasteiger charge is 2.07. The largest absolute Gasteiger partial charge is 0.497 e. The van der Waals surface area contributed by atoms with Crippen molar-refractivity contribution >= 4 is 11.0 Å². The lowest BCUT2D eigenvalue weighted by atomic mass is 10.0. The van der Waals surface area contributed by atoms with Gasteiger partial charge >= 0.3 is 0 Å². The van der Waals surface area contributed by atoms with Gasteiger partial charge in [-0.15, -0.1) is 0 Å². The molecule has 110 valence electrons. The fraction of sp³-hybridized carbons (Fsp3) is 0.500. The summed E-state index contributed by atoms with van der Waals surface area (Å²) < 4.78 is 11.0. The van der Waals surface area contributed by atoms with Gasteiger partial charge in [-0.2, -0.15) is 0 Å². The van der Waals surface area contributed by atoms with Gasteiger partial charge in [0.2, 0.25) is 0 Å². The minimum atomic E-state index is 0.255. The van der Waals surface area contributed by atoms with Gasteiger partial charge in [-0.05, 0) is 43.1 Å². The van der Waals surface area contributed by atoms with Gasteiger partial charge in [0.15, 0.2) is 0 Å². The number of nitrogens with one attached hydrogen (secondary N) is 1. The third-order valence-electron chi connectivity index (χ3n) is 3.62. The van der Waals surface area contributed by atoms with Crippen LogP contribution in [0.1, 0.15) is 25.5 Å². The molecule has 2 N–H and O–H groups in total. The van der Waals surface area contributed by atoms with Gasteiger partial charge in [0.05, 0.1) is 13.7 Å². The van der Waals surface area contributed by atoms with E-state index in [9.17, 15) is 0 Å². The topological polar surface area (TPSA) is 54.6 Å². The van der Waals surface area contributed by atoms with E-state index in [1.54, 1.807) is 7.11 Å². The molecule has 1 aromatic heterocycles. The van der Waals surface area contributed by atoms with Crippen LogP contribution in [0, 0.1) is 5.92 Å². The number of rotatable bonds is 8. The fourth-order valence-electron chi connectivity index (χ4n) is 2.32. The Bertz CT molecular complexity index is 536. The van der Waals surface area contributed by atoms with Crippen molar-refractivity contribution in [1.82, 2.24) is 5.32 Å². The summed E-state index contributed by atoms with van der Waals surface area (Å²) >= 11 is 0. The summed E-state index contributed by atoms with van der Waals surface area (Å²) in [5.41, 5.74) is 0.880. The number of hydrogen-bond acceptors (Lipinski definition) is 4. The average molecular weight is 277 g/mol. The molecular weight excluding hydrogens is 254 g/mol. The van der Waals surface area contributed by atoms with Crippen LogP contribution in [0.5, 0.6) is 5.75 Å². The molecule has 20 heavy (non-hydrogen) atoms. The lowest BCUT2D eigenvalue weighted by molar-refractivity contribution is 0.250. The Morgan fingerprint density at radius 3 is 2.90 bits per heavy atom. The van der Waals surface area contributed by atoms with Crippen LogP contribution in [0.4, 0.5) is 0 Å². The molecule has 0 spiro atoms. The fourth-order valence-corrected chi connectivity index (χ4v) is 2.32. The smallest absolute Gasteiger partial charge is 0.134 e. The van der Waals surface area contributed by atoms with Crippen molar-refractivity contribution < 1.29 is 14.3 Å². The molecule has 0 fully saturated rings. The van der Waals surface area contributed by atoms with E-state index in [0.717, 1.165) is 41.9 Å². The molecule has 2 aromatic rings. The number of aliphatic hydroxyl groups excluding tert-OH is 1. The zero-order valence-electron chi connectivity index (χ0n) is 12.2. The summed E-state index contributed by atoms with van der Waals surface area (Å²) in [6.07, 6.45) is 1.92. The molecule has 1 aromatic carbocycles. The minimum absolute atomic E-state index is 0.255. The molecule has 4 heteroatoms. The molecule has 2 rings (SSSR count). The molecule has 4 nitrogen and oxygen atoms in total. The van der Waals surface area contributed by atoms with Gasteiger partial charge in [0.25, 0.3) is 0 Å². The summed E-state index contributed by atoms with van der Waals surface area (Å²) in [6.45, 7) is 4.01. The van der Waals surface area contributed by atoms with Crippen molar-refractivity contribution in [2.24, 2.45) is 5.92 Å². The monoisotopic (exact) mass is 277 g/mol. The highest BCUT2D eigenvalue weighted by Crippen LogP contribution is 2.24. The first-order valence-electron chi connectivity index (χ1n) is 7.14. The van der Waals surface area contributed by atoms with Crippen LogP contribution in [0.2, 0.25) is 0 Å². The normalized spacial score (nSPS) is 12.8. The van der Waals surface area contributed by atoms with Crippen LogP contribution >= 0.6 is 0 Å². The average Bonchev–Trinajstić information content (AvgIpc) is 2.87. The molecule has 0 amide bonds. The zero-order valence-corrected chi connectivity index (χ0v) is 12.2. The molecule has 1 atom stereocenters. The minimum Gasteiger partial charge on any atom is -0.497 e. The zero-order chi connectivity index (χ0) is 14.4. The van der Waals surface area contributed by atoms with Gasteiger partial charge in [-0.25, -0.2) is 0 Å². The van der Waals surface area contributed by atoms with Crippen molar-refractivity contribution in [2.45, 2.75) is 26.3 Å². The van der Waals surface area contributed by atoms with Gasteiger partial charge in [0.1, 0.15) is 17.1 Å². The van der Waals surface area contributed by atoms with E-state index in [1.165, 1.54) is 0 Å². The van der Waals surface area contributed by atoms with Gasteiger partial charge in [-0.1, -0.05) is 13.3 Å².